The van der Waals surface area contributed by atoms with Crippen molar-refractivity contribution in [2.75, 3.05) is 13.7 Å². The largest absolute Gasteiger partial charge is 0.361 e. The molecule has 0 aliphatic carbocycles. The van der Waals surface area contributed by atoms with E-state index in [0.29, 0.717) is 30.1 Å². The molecule has 2 aromatic heterocycles. The Morgan fingerprint density at radius 3 is 2.82 bits per heavy atom. The number of nitrogens with one attached hydrogen (secondary N) is 1. The number of carbonyl (C=O) groups excluding carboxylic acids is 1. The molecule has 1 N–H and O–H groups in total. The lowest BCUT2D eigenvalue weighted by atomic mass is 10.1. The lowest BCUT2D eigenvalue weighted by Crippen LogP contribution is -2.22. The second-order valence-corrected chi connectivity index (χ2v) is 12.0. The molecule has 2 rings (SSSR count). The summed E-state index contributed by atoms with van der Waals surface area (Å²) in [6.07, 6.45) is 3.19. The van der Waals surface area contributed by atoms with Crippen LogP contribution in [0, 0.1) is 0 Å². The molecule has 0 aromatic carbocycles. The highest BCUT2D eigenvalue weighted by Crippen LogP contribution is 2.17. The lowest BCUT2D eigenvalue weighted by molar-refractivity contribution is 0.0893. The fourth-order valence-corrected chi connectivity index (χ4v) is 2.76. The number of hydrogen-bond acceptors (Lipinski definition) is 4. The minimum Gasteiger partial charge on any atom is -0.361 e. The van der Waals surface area contributed by atoms with Crippen LogP contribution >= 0.6 is 0 Å². The number of nitrogens with zero attached hydrogens (tertiary/aromatic N) is 3. The number of amides is 1. The number of ether oxygens (including phenoxy) is 1. The second-order valence-electron chi connectivity index (χ2n) is 6.41. The Kier molecular flexibility index (Phi) is 5.02. The molecule has 2 radical (unpaired) electrons. The molecule has 116 valence electrons. The van der Waals surface area contributed by atoms with Crippen LogP contribution in [0.2, 0.25) is 25.7 Å². The van der Waals surface area contributed by atoms with Gasteiger partial charge in [-0.05, 0) is 6.04 Å². The summed E-state index contributed by atoms with van der Waals surface area (Å²) in [5, 5.41) is 2.60. The first kappa shape index (κ1) is 16.7. The zero-order valence-electron chi connectivity index (χ0n) is 13.5. The lowest BCUT2D eigenvalue weighted by Gasteiger charge is -2.15. The maximum atomic E-state index is 11.9. The number of fused-ring (bicyclic) bond motifs is 1. The van der Waals surface area contributed by atoms with Crippen LogP contribution < -0.4 is 10.9 Å². The van der Waals surface area contributed by atoms with Gasteiger partial charge >= 0.3 is 0 Å². The first-order valence-corrected chi connectivity index (χ1v) is 10.9. The standard InChI is InChI=1S/C14H21BN4O2Si/c1-16-14(20)10-8-19(9-21-5-6-22(2,3)4)13-12(10)18-11(15)7-17-13/h7-8H,5-6,9H2,1-4H3,(H,16,20). The van der Waals surface area contributed by atoms with Gasteiger partial charge in [-0.2, -0.15) is 0 Å². The van der Waals surface area contributed by atoms with Gasteiger partial charge < -0.3 is 14.6 Å². The summed E-state index contributed by atoms with van der Waals surface area (Å²) in [6, 6.07) is 1.09. The summed E-state index contributed by atoms with van der Waals surface area (Å²) in [5.74, 6) is -0.217. The molecule has 2 aromatic rings. The molecule has 8 heteroatoms. The Morgan fingerprint density at radius 1 is 1.45 bits per heavy atom. The summed E-state index contributed by atoms with van der Waals surface area (Å²) in [7, 11) is 6.13. The molecule has 2 heterocycles. The third-order valence-electron chi connectivity index (χ3n) is 3.28. The highest BCUT2D eigenvalue weighted by atomic mass is 28.3. The zero-order chi connectivity index (χ0) is 16.3. The van der Waals surface area contributed by atoms with E-state index < -0.39 is 8.07 Å². The molecule has 0 saturated heterocycles. The first-order valence-electron chi connectivity index (χ1n) is 7.23. The Hall–Kier alpha value is -1.67. The van der Waals surface area contributed by atoms with Crippen LogP contribution in [-0.2, 0) is 11.5 Å². The number of hydrogen-bond donors (Lipinski definition) is 1. The van der Waals surface area contributed by atoms with Crippen LogP contribution in [0.4, 0.5) is 0 Å². The Morgan fingerprint density at radius 2 is 2.18 bits per heavy atom. The van der Waals surface area contributed by atoms with Crippen LogP contribution in [0.1, 0.15) is 10.4 Å². The quantitative estimate of drug-likeness (QED) is 0.635. The van der Waals surface area contributed by atoms with E-state index in [1.165, 1.54) is 6.20 Å². The molecule has 0 saturated carbocycles. The summed E-state index contributed by atoms with van der Waals surface area (Å²) in [6.45, 7) is 7.96. The Labute approximate surface area is 132 Å². The Balaban J connectivity index is 2.21. The summed E-state index contributed by atoms with van der Waals surface area (Å²) < 4.78 is 7.52. The molecule has 22 heavy (non-hydrogen) atoms. The van der Waals surface area contributed by atoms with E-state index in [9.17, 15) is 4.79 Å². The van der Waals surface area contributed by atoms with Crippen molar-refractivity contribution in [1.82, 2.24) is 19.9 Å². The van der Waals surface area contributed by atoms with Crippen LogP contribution in [0.3, 0.4) is 0 Å². The normalized spacial score (nSPS) is 11.8. The van der Waals surface area contributed by atoms with E-state index in [1.807, 2.05) is 0 Å². The minimum absolute atomic E-state index is 0.217. The van der Waals surface area contributed by atoms with Gasteiger partial charge in [0.25, 0.3) is 5.91 Å². The predicted octanol–water partition coefficient (Wildman–Crippen LogP) is 0.897. The highest BCUT2D eigenvalue weighted by molar-refractivity contribution is 6.76. The number of rotatable bonds is 6. The molecule has 0 spiro atoms. The van der Waals surface area contributed by atoms with Crippen LogP contribution in [0.5, 0.6) is 0 Å². The predicted molar refractivity (Wildman–Crippen MR) is 90.4 cm³/mol. The fraction of sp³-hybridized carbons (Fsp3) is 0.500. The van der Waals surface area contributed by atoms with Gasteiger partial charge in [-0.3, -0.25) is 9.78 Å². The van der Waals surface area contributed by atoms with Crippen molar-refractivity contribution >= 4 is 38.6 Å². The summed E-state index contributed by atoms with van der Waals surface area (Å²) in [4.78, 5) is 20.4. The van der Waals surface area contributed by atoms with E-state index in [4.69, 9.17) is 12.6 Å². The van der Waals surface area contributed by atoms with E-state index in [0.717, 1.165) is 6.04 Å². The van der Waals surface area contributed by atoms with Gasteiger partial charge in [0.15, 0.2) is 5.65 Å². The van der Waals surface area contributed by atoms with Gasteiger partial charge in [0.1, 0.15) is 20.1 Å². The molecule has 6 nitrogen and oxygen atoms in total. The zero-order valence-corrected chi connectivity index (χ0v) is 14.5. The molecule has 0 aliphatic rings. The first-order chi connectivity index (χ1) is 10.3. The van der Waals surface area contributed by atoms with Crippen LogP contribution in [-0.4, -0.2) is 50.0 Å². The van der Waals surface area contributed by atoms with Gasteiger partial charge in [-0.1, -0.05) is 19.6 Å². The van der Waals surface area contributed by atoms with Gasteiger partial charge in [-0.15, -0.1) is 0 Å². The van der Waals surface area contributed by atoms with Crippen molar-refractivity contribution in [1.29, 1.82) is 0 Å². The van der Waals surface area contributed by atoms with Crippen molar-refractivity contribution in [2.24, 2.45) is 0 Å². The van der Waals surface area contributed by atoms with Crippen molar-refractivity contribution in [2.45, 2.75) is 32.4 Å². The summed E-state index contributed by atoms with van der Waals surface area (Å²) >= 11 is 0. The number of carbonyl (C=O) groups is 1. The second kappa shape index (κ2) is 6.62. The molecule has 0 unspecified atom stereocenters. The average Bonchev–Trinajstić information content (AvgIpc) is 2.79. The van der Waals surface area contributed by atoms with Crippen molar-refractivity contribution in [3.05, 3.63) is 18.0 Å². The van der Waals surface area contributed by atoms with Crippen molar-refractivity contribution < 1.29 is 9.53 Å². The molecular weight excluding hydrogens is 295 g/mol. The van der Waals surface area contributed by atoms with E-state index >= 15 is 0 Å². The van der Waals surface area contributed by atoms with Crippen molar-refractivity contribution in [3.63, 3.8) is 0 Å². The van der Waals surface area contributed by atoms with E-state index in [1.54, 1.807) is 17.8 Å². The smallest absolute Gasteiger partial charge is 0.254 e. The van der Waals surface area contributed by atoms with Gasteiger partial charge in [-0.25, -0.2) is 4.98 Å². The minimum atomic E-state index is -1.12. The van der Waals surface area contributed by atoms with E-state index in [2.05, 4.69) is 34.9 Å². The maximum absolute atomic E-state index is 11.9. The van der Waals surface area contributed by atoms with Crippen LogP contribution in [0.25, 0.3) is 11.2 Å². The summed E-state index contributed by atoms with van der Waals surface area (Å²) in [5.41, 5.74) is 1.83. The van der Waals surface area contributed by atoms with Gasteiger partial charge in [0, 0.05) is 39.7 Å². The fourth-order valence-electron chi connectivity index (χ4n) is 2.01. The van der Waals surface area contributed by atoms with Crippen LogP contribution in [0.15, 0.2) is 12.4 Å². The average molecular weight is 316 g/mol. The molecule has 0 aliphatic heterocycles. The maximum Gasteiger partial charge on any atom is 0.254 e. The molecule has 1 amide bonds. The van der Waals surface area contributed by atoms with Crippen molar-refractivity contribution in [3.8, 4) is 0 Å². The molecular formula is C14H21BN4O2Si. The SMILES string of the molecule is [B]c1cnc2c(n1)c(C(=O)NC)cn2COCC[Si](C)(C)C. The topological polar surface area (TPSA) is 69.0 Å². The van der Waals surface area contributed by atoms with Gasteiger partial charge in [0.05, 0.1) is 5.56 Å². The molecule has 0 bridgehead atoms. The van der Waals surface area contributed by atoms with E-state index in [-0.39, 0.29) is 11.5 Å². The highest BCUT2D eigenvalue weighted by Gasteiger charge is 2.17. The third-order valence-corrected chi connectivity index (χ3v) is 4.99. The molecule has 0 atom stereocenters. The molecule has 0 fully saturated rings. The third kappa shape index (κ3) is 3.95. The number of aromatic nitrogens is 3. The Bertz CT molecular complexity index is 681. The monoisotopic (exact) mass is 316 g/mol. The van der Waals surface area contributed by atoms with Gasteiger partial charge in [0.2, 0.25) is 0 Å².